The summed E-state index contributed by atoms with van der Waals surface area (Å²) in [5, 5.41) is 24.3. The van der Waals surface area contributed by atoms with E-state index in [4.69, 9.17) is 0 Å². The van der Waals surface area contributed by atoms with Gasteiger partial charge in [-0.05, 0) is 48.5 Å². The van der Waals surface area contributed by atoms with Crippen LogP contribution in [0.2, 0.25) is 0 Å². The Hall–Kier alpha value is -5.32. The van der Waals surface area contributed by atoms with Crippen molar-refractivity contribution < 1.29 is 0 Å². The van der Waals surface area contributed by atoms with E-state index in [9.17, 15) is 10.5 Å². The number of para-hydroxylation sites is 4. The molecule has 2 aromatic heterocycles. The summed E-state index contributed by atoms with van der Waals surface area (Å²) >= 11 is 0. The van der Waals surface area contributed by atoms with Crippen molar-refractivity contribution in [2.45, 2.75) is 0 Å². The zero-order chi connectivity index (χ0) is 24.2. The van der Waals surface area contributed by atoms with E-state index >= 15 is 0 Å². The standard InChI is InChI=1S/C32H18N4/c33-19-21-9-8-10-22(20-34)32(21)36-29-16-7-5-14-25(29)27-17-30-26(18-31(27)36)24-13-4-6-15-28(24)35(30)23-11-2-1-3-12-23/h1-18H. The molecule has 7 rings (SSSR count). The lowest BCUT2D eigenvalue weighted by Crippen LogP contribution is -2.01. The topological polar surface area (TPSA) is 57.4 Å². The second-order valence-electron chi connectivity index (χ2n) is 8.85. The number of fused-ring (bicyclic) bond motifs is 6. The molecule has 0 bridgehead atoms. The van der Waals surface area contributed by atoms with Crippen molar-refractivity contribution in [3.63, 3.8) is 0 Å². The van der Waals surface area contributed by atoms with Gasteiger partial charge in [-0.1, -0.05) is 60.7 Å². The predicted octanol–water partition coefficient (Wildman–Crippen LogP) is 7.62. The summed E-state index contributed by atoms with van der Waals surface area (Å²) in [6.07, 6.45) is 0. The highest BCUT2D eigenvalue weighted by Gasteiger charge is 2.20. The summed E-state index contributed by atoms with van der Waals surface area (Å²) in [6.45, 7) is 0. The molecule has 0 fully saturated rings. The first-order valence-corrected chi connectivity index (χ1v) is 11.8. The molecule has 0 aliphatic carbocycles. The molecule has 0 saturated heterocycles. The van der Waals surface area contributed by atoms with E-state index in [0.29, 0.717) is 16.8 Å². The number of rotatable bonds is 2. The second kappa shape index (κ2) is 7.60. The van der Waals surface area contributed by atoms with E-state index in [1.165, 1.54) is 0 Å². The van der Waals surface area contributed by atoms with Gasteiger partial charge < -0.3 is 9.13 Å². The van der Waals surface area contributed by atoms with Gasteiger partial charge in [0.05, 0.1) is 38.9 Å². The maximum atomic E-state index is 9.95. The van der Waals surface area contributed by atoms with Crippen LogP contribution in [0, 0.1) is 22.7 Å². The van der Waals surface area contributed by atoms with E-state index in [2.05, 4.69) is 94.1 Å². The quantitative estimate of drug-likeness (QED) is 0.267. The van der Waals surface area contributed by atoms with Crippen LogP contribution in [0.4, 0.5) is 0 Å². The van der Waals surface area contributed by atoms with Crippen molar-refractivity contribution >= 4 is 43.6 Å². The van der Waals surface area contributed by atoms with Crippen molar-refractivity contribution in [1.82, 2.24) is 9.13 Å². The van der Waals surface area contributed by atoms with Gasteiger partial charge >= 0.3 is 0 Å². The summed E-state index contributed by atoms with van der Waals surface area (Å²) in [4.78, 5) is 0. The first-order valence-electron chi connectivity index (χ1n) is 11.8. The molecule has 0 amide bonds. The third-order valence-corrected chi connectivity index (χ3v) is 6.98. The van der Waals surface area contributed by atoms with Gasteiger partial charge in [0.1, 0.15) is 12.1 Å². The molecule has 0 unspecified atom stereocenters. The zero-order valence-electron chi connectivity index (χ0n) is 19.2. The second-order valence-corrected chi connectivity index (χ2v) is 8.85. The Morgan fingerprint density at radius 2 is 0.944 bits per heavy atom. The van der Waals surface area contributed by atoms with E-state index in [1.807, 2.05) is 18.2 Å². The Morgan fingerprint density at radius 3 is 1.53 bits per heavy atom. The van der Waals surface area contributed by atoms with Crippen LogP contribution in [0.15, 0.2) is 109 Å². The molecule has 0 aliphatic rings. The van der Waals surface area contributed by atoms with Crippen molar-refractivity contribution in [1.29, 1.82) is 10.5 Å². The van der Waals surface area contributed by atoms with Crippen LogP contribution in [0.5, 0.6) is 0 Å². The highest BCUT2D eigenvalue weighted by Crippen LogP contribution is 2.40. The van der Waals surface area contributed by atoms with Gasteiger partial charge in [0.2, 0.25) is 0 Å². The Labute approximate surface area is 207 Å². The van der Waals surface area contributed by atoms with Crippen LogP contribution in [0.1, 0.15) is 11.1 Å². The fraction of sp³-hybridized carbons (Fsp3) is 0. The lowest BCUT2D eigenvalue weighted by molar-refractivity contribution is 1.15. The Kier molecular flexibility index (Phi) is 4.24. The van der Waals surface area contributed by atoms with Gasteiger partial charge in [0.15, 0.2) is 0 Å². The fourth-order valence-corrected chi connectivity index (χ4v) is 5.49. The number of hydrogen-bond acceptors (Lipinski definition) is 2. The van der Waals surface area contributed by atoms with Crippen LogP contribution in [-0.4, -0.2) is 9.13 Å². The zero-order valence-corrected chi connectivity index (χ0v) is 19.2. The van der Waals surface area contributed by atoms with Crippen molar-refractivity contribution in [3.05, 3.63) is 120 Å². The Bertz CT molecular complexity index is 2030. The third-order valence-electron chi connectivity index (χ3n) is 6.98. The highest BCUT2D eigenvalue weighted by atomic mass is 15.0. The maximum Gasteiger partial charge on any atom is 0.101 e. The van der Waals surface area contributed by atoms with Gasteiger partial charge in [-0.2, -0.15) is 10.5 Å². The highest BCUT2D eigenvalue weighted by molar-refractivity contribution is 6.19. The van der Waals surface area contributed by atoms with E-state index < -0.39 is 0 Å². The SMILES string of the molecule is N#Cc1cccc(C#N)c1-n1c2ccccc2c2cc3c(cc21)c1ccccc1n3-c1ccccc1. The van der Waals surface area contributed by atoms with Crippen LogP contribution in [-0.2, 0) is 0 Å². The van der Waals surface area contributed by atoms with Gasteiger partial charge in [-0.3, -0.25) is 0 Å². The van der Waals surface area contributed by atoms with Crippen LogP contribution in [0.3, 0.4) is 0 Å². The monoisotopic (exact) mass is 458 g/mol. The molecule has 0 spiro atoms. The average molecular weight is 459 g/mol. The molecule has 0 N–H and O–H groups in total. The summed E-state index contributed by atoms with van der Waals surface area (Å²) in [6, 6.07) is 41.4. The van der Waals surface area contributed by atoms with Gasteiger partial charge in [-0.15, -0.1) is 0 Å². The average Bonchev–Trinajstić information content (AvgIpc) is 3.44. The first kappa shape index (κ1) is 20.1. The minimum absolute atomic E-state index is 0.475. The van der Waals surface area contributed by atoms with Gasteiger partial charge in [0.25, 0.3) is 0 Å². The number of hydrogen-bond donors (Lipinski definition) is 0. The van der Waals surface area contributed by atoms with E-state index in [-0.39, 0.29) is 0 Å². The fourth-order valence-electron chi connectivity index (χ4n) is 5.49. The van der Waals surface area contributed by atoms with E-state index in [0.717, 1.165) is 49.3 Å². The van der Waals surface area contributed by atoms with Crippen molar-refractivity contribution in [2.75, 3.05) is 0 Å². The number of nitriles is 2. The smallest absolute Gasteiger partial charge is 0.101 e. The first-order chi connectivity index (χ1) is 17.8. The van der Waals surface area contributed by atoms with Gasteiger partial charge in [-0.25, -0.2) is 0 Å². The summed E-state index contributed by atoms with van der Waals surface area (Å²) < 4.78 is 4.38. The summed E-state index contributed by atoms with van der Waals surface area (Å²) in [7, 11) is 0. The molecule has 7 aromatic rings. The van der Waals surface area contributed by atoms with Crippen molar-refractivity contribution in [2.24, 2.45) is 0 Å². The molecule has 5 aromatic carbocycles. The Morgan fingerprint density at radius 1 is 0.444 bits per heavy atom. The van der Waals surface area contributed by atoms with Crippen molar-refractivity contribution in [3.8, 4) is 23.5 Å². The maximum absolute atomic E-state index is 9.95. The molecule has 0 radical (unpaired) electrons. The molecule has 0 atom stereocenters. The minimum Gasteiger partial charge on any atom is -0.309 e. The minimum atomic E-state index is 0.475. The summed E-state index contributed by atoms with van der Waals surface area (Å²) in [5.41, 5.74) is 6.87. The van der Waals surface area contributed by atoms with Crippen LogP contribution < -0.4 is 0 Å². The number of nitrogens with zero attached hydrogens (tertiary/aromatic N) is 4. The molecule has 2 heterocycles. The third kappa shape index (κ3) is 2.67. The van der Waals surface area contributed by atoms with Crippen LogP contribution >= 0.6 is 0 Å². The Balaban J connectivity index is 1.72. The lowest BCUT2D eigenvalue weighted by atomic mass is 10.1. The normalized spacial score (nSPS) is 11.3. The molecule has 36 heavy (non-hydrogen) atoms. The van der Waals surface area contributed by atoms with Gasteiger partial charge in [0, 0.05) is 27.2 Å². The van der Waals surface area contributed by atoms with Crippen LogP contribution in [0.25, 0.3) is 55.0 Å². The molecule has 4 heteroatoms. The molecule has 0 saturated carbocycles. The van der Waals surface area contributed by atoms with E-state index in [1.54, 1.807) is 18.2 Å². The molecular formula is C32H18N4. The number of aromatic nitrogens is 2. The largest absolute Gasteiger partial charge is 0.309 e. The molecular weight excluding hydrogens is 440 g/mol. The lowest BCUT2D eigenvalue weighted by Gasteiger charge is -2.12. The number of benzene rings is 5. The predicted molar refractivity (Wildman–Crippen MR) is 145 cm³/mol. The molecule has 0 aliphatic heterocycles. The summed E-state index contributed by atoms with van der Waals surface area (Å²) in [5.74, 6) is 0. The molecule has 166 valence electrons. The molecule has 4 nitrogen and oxygen atoms in total.